The Morgan fingerprint density at radius 3 is 2.70 bits per heavy atom. The summed E-state index contributed by atoms with van der Waals surface area (Å²) >= 11 is 9.41. The van der Waals surface area contributed by atoms with Gasteiger partial charge in [-0.2, -0.15) is 5.10 Å². The van der Waals surface area contributed by atoms with Crippen LogP contribution in [-0.4, -0.2) is 15.7 Å². The maximum absolute atomic E-state index is 12.1. The number of amides is 1. The summed E-state index contributed by atoms with van der Waals surface area (Å²) in [7, 11) is 0. The number of aromatic nitrogens is 2. The molecule has 27 heavy (non-hydrogen) atoms. The van der Waals surface area contributed by atoms with Gasteiger partial charge in [-0.25, -0.2) is 4.68 Å². The van der Waals surface area contributed by atoms with Crippen molar-refractivity contribution in [3.8, 4) is 11.3 Å². The first-order valence-corrected chi connectivity index (χ1v) is 9.53. The van der Waals surface area contributed by atoms with Crippen LogP contribution < -0.4 is 10.9 Å². The van der Waals surface area contributed by atoms with Crippen molar-refractivity contribution in [1.29, 1.82) is 0 Å². The molecular weight excluding hydrogens is 430 g/mol. The summed E-state index contributed by atoms with van der Waals surface area (Å²) in [6, 6.07) is 18.1. The number of carbonyl (C=O) groups excluding carboxylic acids is 1. The second-order valence-electron chi connectivity index (χ2n) is 5.95. The van der Waals surface area contributed by atoms with E-state index in [1.165, 1.54) is 10.7 Å². The molecule has 0 saturated heterocycles. The minimum absolute atomic E-state index is 0.142. The molecule has 0 saturated carbocycles. The van der Waals surface area contributed by atoms with E-state index in [2.05, 4.69) is 26.3 Å². The van der Waals surface area contributed by atoms with Gasteiger partial charge in [0.25, 0.3) is 5.56 Å². The Hall–Kier alpha value is -2.44. The Morgan fingerprint density at radius 1 is 1.11 bits per heavy atom. The average Bonchev–Trinajstić information content (AvgIpc) is 2.66. The first-order valence-electron chi connectivity index (χ1n) is 8.36. The number of rotatable bonds is 6. The molecule has 3 rings (SSSR count). The Morgan fingerprint density at radius 2 is 1.93 bits per heavy atom. The van der Waals surface area contributed by atoms with Crippen molar-refractivity contribution in [1.82, 2.24) is 15.1 Å². The molecule has 0 unspecified atom stereocenters. The number of aryl methyl sites for hydroxylation is 1. The predicted molar refractivity (Wildman–Crippen MR) is 110 cm³/mol. The molecule has 3 aromatic rings. The SMILES string of the molecule is O=C(CCn1nc(-c2cccc(Cl)c2)ccc1=O)NCc1cccc(Br)c1. The smallest absolute Gasteiger partial charge is 0.266 e. The molecule has 0 aliphatic rings. The maximum atomic E-state index is 12.1. The van der Waals surface area contributed by atoms with Crippen LogP contribution in [0.4, 0.5) is 0 Å². The molecule has 5 nitrogen and oxygen atoms in total. The summed E-state index contributed by atoms with van der Waals surface area (Å²) in [4.78, 5) is 24.1. The predicted octanol–water partition coefficient (Wildman–Crippen LogP) is 4.03. The lowest BCUT2D eigenvalue weighted by Crippen LogP contribution is -2.28. The quantitative estimate of drug-likeness (QED) is 0.622. The van der Waals surface area contributed by atoms with Crippen LogP contribution in [0.15, 0.2) is 69.9 Å². The minimum atomic E-state index is -0.249. The zero-order valence-corrected chi connectivity index (χ0v) is 16.7. The van der Waals surface area contributed by atoms with Crippen molar-refractivity contribution >= 4 is 33.4 Å². The fourth-order valence-corrected chi connectivity index (χ4v) is 3.19. The molecule has 7 heteroatoms. The van der Waals surface area contributed by atoms with Gasteiger partial charge in [-0.1, -0.05) is 51.8 Å². The third-order valence-electron chi connectivity index (χ3n) is 3.92. The highest BCUT2D eigenvalue weighted by molar-refractivity contribution is 9.10. The van der Waals surface area contributed by atoms with E-state index in [1.807, 2.05) is 36.4 Å². The summed E-state index contributed by atoms with van der Waals surface area (Å²) in [5, 5.41) is 7.79. The summed E-state index contributed by atoms with van der Waals surface area (Å²) in [5.74, 6) is -0.142. The average molecular weight is 447 g/mol. The van der Waals surface area contributed by atoms with E-state index in [1.54, 1.807) is 18.2 Å². The second-order valence-corrected chi connectivity index (χ2v) is 7.30. The summed E-state index contributed by atoms with van der Waals surface area (Å²) in [6.45, 7) is 0.640. The normalized spacial score (nSPS) is 10.6. The van der Waals surface area contributed by atoms with Crippen LogP contribution in [0.2, 0.25) is 5.02 Å². The summed E-state index contributed by atoms with van der Waals surface area (Å²) in [6.07, 6.45) is 0.167. The number of benzene rings is 2. The lowest BCUT2D eigenvalue weighted by molar-refractivity contribution is -0.121. The molecule has 0 aliphatic carbocycles. The molecule has 1 amide bonds. The largest absolute Gasteiger partial charge is 0.352 e. The van der Waals surface area contributed by atoms with Gasteiger partial charge >= 0.3 is 0 Å². The van der Waals surface area contributed by atoms with Gasteiger partial charge in [0.2, 0.25) is 5.91 Å². The number of hydrogen-bond acceptors (Lipinski definition) is 3. The number of carbonyl (C=O) groups is 1. The van der Waals surface area contributed by atoms with E-state index in [0.29, 0.717) is 17.3 Å². The lowest BCUT2D eigenvalue weighted by Gasteiger charge is -2.08. The van der Waals surface area contributed by atoms with Crippen molar-refractivity contribution in [3.05, 3.63) is 86.1 Å². The molecule has 0 aliphatic heterocycles. The number of nitrogens with zero attached hydrogens (tertiary/aromatic N) is 2. The van der Waals surface area contributed by atoms with Crippen LogP contribution >= 0.6 is 27.5 Å². The van der Waals surface area contributed by atoms with Crippen LogP contribution in [0.3, 0.4) is 0 Å². The summed E-state index contributed by atoms with van der Waals surface area (Å²) in [5.41, 5.74) is 2.19. The third kappa shape index (κ3) is 5.52. The molecule has 0 bridgehead atoms. The molecule has 1 aromatic heterocycles. The van der Waals surface area contributed by atoms with Crippen LogP contribution in [-0.2, 0) is 17.9 Å². The Kier molecular flexibility index (Phi) is 6.42. The molecule has 2 aromatic carbocycles. The van der Waals surface area contributed by atoms with Gasteiger partial charge in [-0.15, -0.1) is 0 Å². The van der Waals surface area contributed by atoms with Gasteiger partial charge in [0.15, 0.2) is 0 Å². The first kappa shape index (κ1) is 19.3. The molecule has 138 valence electrons. The van der Waals surface area contributed by atoms with E-state index in [4.69, 9.17) is 11.6 Å². The van der Waals surface area contributed by atoms with Gasteiger partial charge in [0, 0.05) is 34.1 Å². The first-order chi connectivity index (χ1) is 13.0. The van der Waals surface area contributed by atoms with E-state index in [0.717, 1.165) is 15.6 Å². The fourth-order valence-electron chi connectivity index (χ4n) is 2.55. The van der Waals surface area contributed by atoms with E-state index in [9.17, 15) is 9.59 Å². The van der Waals surface area contributed by atoms with Gasteiger partial charge in [-0.05, 0) is 35.9 Å². The Labute approximate surface area is 170 Å². The second kappa shape index (κ2) is 8.97. The van der Waals surface area contributed by atoms with E-state index in [-0.39, 0.29) is 24.4 Å². The maximum Gasteiger partial charge on any atom is 0.266 e. The van der Waals surface area contributed by atoms with Crippen LogP contribution in [0.25, 0.3) is 11.3 Å². The highest BCUT2D eigenvalue weighted by Gasteiger charge is 2.07. The Bertz CT molecular complexity index is 1020. The zero-order chi connectivity index (χ0) is 19.2. The topological polar surface area (TPSA) is 64.0 Å². The van der Waals surface area contributed by atoms with Crippen molar-refractivity contribution in [2.75, 3.05) is 0 Å². The molecule has 0 atom stereocenters. The van der Waals surface area contributed by atoms with Gasteiger partial charge < -0.3 is 5.32 Å². The highest BCUT2D eigenvalue weighted by atomic mass is 79.9. The molecule has 0 spiro atoms. The molecule has 0 fully saturated rings. The van der Waals surface area contributed by atoms with Crippen molar-refractivity contribution in [2.45, 2.75) is 19.5 Å². The number of hydrogen-bond donors (Lipinski definition) is 1. The molecule has 1 heterocycles. The third-order valence-corrected chi connectivity index (χ3v) is 4.64. The van der Waals surface area contributed by atoms with Crippen molar-refractivity contribution in [3.63, 3.8) is 0 Å². The Balaban J connectivity index is 1.62. The highest BCUT2D eigenvalue weighted by Crippen LogP contribution is 2.19. The fraction of sp³-hybridized carbons (Fsp3) is 0.150. The van der Waals surface area contributed by atoms with E-state index < -0.39 is 0 Å². The zero-order valence-electron chi connectivity index (χ0n) is 14.4. The van der Waals surface area contributed by atoms with Gasteiger partial charge in [0.1, 0.15) is 0 Å². The van der Waals surface area contributed by atoms with Crippen molar-refractivity contribution in [2.24, 2.45) is 0 Å². The van der Waals surface area contributed by atoms with Crippen LogP contribution in [0.5, 0.6) is 0 Å². The van der Waals surface area contributed by atoms with E-state index >= 15 is 0 Å². The van der Waals surface area contributed by atoms with Crippen molar-refractivity contribution < 1.29 is 4.79 Å². The van der Waals surface area contributed by atoms with Gasteiger partial charge in [-0.3, -0.25) is 9.59 Å². The molecule has 1 N–H and O–H groups in total. The lowest BCUT2D eigenvalue weighted by atomic mass is 10.1. The summed E-state index contributed by atoms with van der Waals surface area (Å²) < 4.78 is 2.26. The van der Waals surface area contributed by atoms with Crippen LogP contribution in [0.1, 0.15) is 12.0 Å². The molecular formula is C20H17BrClN3O2. The monoisotopic (exact) mass is 445 g/mol. The van der Waals surface area contributed by atoms with Gasteiger partial charge in [0.05, 0.1) is 12.2 Å². The number of nitrogens with one attached hydrogen (secondary N) is 1. The standard InChI is InChI=1S/C20H17BrClN3O2/c21-16-5-1-3-14(11-16)13-23-19(26)9-10-25-20(27)8-7-18(24-25)15-4-2-6-17(22)12-15/h1-8,11-12H,9-10,13H2,(H,23,26). The minimum Gasteiger partial charge on any atom is -0.352 e. The van der Waals surface area contributed by atoms with Crippen LogP contribution in [0, 0.1) is 0 Å². The molecule has 0 radical (unpaired) electrons. The number of halogens is 2.